The summed E-state index contributed by atoms with van der Waals surface area (Å²) in [5, 5.41) is 16.0. The highest BCUT2D eigenvalue weighted by molar-refractivity contribution is 7.89. The molecule has 0 aliphatic carbocycles. The van der Waals surface area contributed by atoms with Gasteiger partial charge in [-0.15, -0.1) is 0 Å². The molecule has 0 radical (unpaired) electrons. The Kier molecular flexibility index (Phi) is 4.51. The fourth-order valence-electron chi connectivity index (χ4n) is 1.29. The SMILES string of the molecule is CCC(=O)Nc1cc(Cl)c(S(N)(=O)=O)cc1C(=O)O. The molecule has 1 amide bonds. The van der Waals surface area contributed by atoms with Gasteiger partial charge in [-0.3, -0.25) is 4.79 Å². The van der Waals surface area contributed by atoms with Crippen LogP contribution in [0.15, 0.2) is 17.0 Å². The third kappa shape index (κ3) is 3.66. The van der Waals surface area contributed by atoms with Gasteiger partial charge < -0.3 is 10.4 Å². The molecule has 0 aliphatic heterocycles. The van der Waals surface area contributed by atoms with E-state index >= 15 is 0 Å². The van der Waals surface area contributed by atoms with E-state index in [1.54, 1.807) is 6.92 Å². The maximum Gasteiger partial charge on any atom is 0.337 e. The molecule has 19 heavy (non-hydrogen) atoms. The number of amides is 1. The quantitative estimate of drug-likeness (QED) is 0.765. The Labute approximate surface area is 114 Å². The maximum absolute atomic E-state index is 11.3. The number of aromatic carboxylic acids is 1. The molecule has 0 aromatic heterocycles. The van der Waals surface area contributed by atoms with Gasteiger partial charge in [0.05, 0.1) is 16.3 Å². The van der Waals surface area contributed by atoms with Crippen LogP contribution in [-0.4, -0.2) is 25.4 Å². The first-order chi connectivity index (χ1) is 8.66. The van der Waals surface area contributed by atoms with Crippen molar-refractivity contribution < 1.29 is 23.1 Å². The third-order valence-corrected chi connectivity index (χ3v) is 3.58. The summed E-state index contributed by atoms with van der Waals surface area (Å²) in [4.78, 5) is 21.8. The Morgan fingerprint density at radius 1 is 1.42 bits per heavy atom. The molecule has 0 saturated carbocycles. The van der Waals surface area contributed by atoms with Gasteiger partial charge in [-0.2, -0.15) is 0 Å². The number of carboxylic acid groups (broad SMARTS) is 1. The largest absolute Gasteiger partial charge is 0.478 e. The average molecular weight is 307 g/mol. The lowest BCUT2D eigenvalue weighted by Gasteiger charge is -2.10. The normalized spacial score (nSPS) is 11.1. The molecule has 0 heterocycles. The molecule has 0 aliphatic rings. The number of sulfonamides is 1. The van der Waals surface area contributed by atoms with Crippen LogP contribution in [0.5, 0.6) is 0 Å². The van der Waals surface area contributed by atoms with Crippen LogP contribution in [-0.2, 0) is 14.8 Å². The number of carbonyl (C=O) groups is 2. The molecule has 0 spiro atoms. The summed E-state index contributed by atoms with van der Waals surface area (Å²) in [6.45, 7) is 1.58. The molecule has 9 heteroatoms. The predicted molar refractivity (Wildman–Crippen MR) is 68.7 cm³/mol. The topological polar surface area (TPSA) is 127 Å². The monoisotopic (exact) mass is 306 g/mol. The zero-order chi connectivity index (χ0) is 14.8. The van der Waals surface area contributed by atoms with Crippen LogP contribution in [0, 0.1) is 0 Å². The molecule has 1 aromatic rings. The highest BCUT2D eigenvalue weighted by atomic mass is 35.5. The van der Waals surface area contributed by atoms with Crippen LogP contribution >= 0.6 is 11.6 Å². The lowest BCUT2D eigenvalue weighted by molar-refractivity contribution is -0.115. The van der Waals surface area contributed by atoms with Gasteiger partial charge in [-0.05, 0) is 12.1 Å². The summed E-state index contributed by atoms with van der Waals surface area (Å²) < 4.78 is 22.5. The van der Waals surface area contributed by atoms with Gasteiger partial charge in [0.2, 0.25) is 15.9 Å². The number of hydrogen-bond donors (Lipinski definition) is 3. The van der Waals surface area contributed by atoms with E-state index in [1.807, 2.05) is 0 Å². The summed E-state index contributed by atoms with van der Waals surface area (Å²) in [5.74, 6) is -1.84. The molecule has 0 bridgehead atoms. The van der Waals surface area contributed by atoms with E-state index in [2.05, 4.69) is 5.32 Å². The van der Waals surface area contributed by atoms with Gasteiger partial charge in [0, 0.05) is 6.42 Å². The molecule has 7 nitrogen and oxygen atoms in total. The average Bonchev–Trinajstić information content (AvgIpc) is 2.26. The summed E-state index contributed by atoms with van der Waals surface area (Å²) in [6, 6.07) is 1.85. The number of carboxylic acids is 1. The Balaban J connectivity index is 3.46. The zero-order valence-corrected chi connectivity index (χ0v) is 11.4. The molecule has 4 N–H and O–H groups in total. The van der Waals surface area contributed by atoms with E-state index in [0.717, 1.165) is 12.1 Å². The molecule has 0 atom stereocenters. The fourth-order valence-corrected chi connectivity index (χ4v) is 2.39. The smallest absolute Gasteiger partial charge is 0.337 e. The first-order valence-corrected chi connectivity index (χ1v) is 6.98. The van der Waals surface area contributed by atoms with Gasteiger partial charge in [-0.1, -0.05) is 18.5 Å². The van der Waals surface area contributed by atoms with Gasteiger partial charge in [0.15, 0.2) is 0 Å². The van der Waals surface area contributed by atoms with E-state index in [1.165, 1.54) is 0 Å². The molecule has 0 unspecified atom stereocenters. The number of benzene rings is 1. The highest BCUT2D eigenvalue weighted by Crippen LogP contribution is 2.28. The third-order valence-electron chi connectivity index (χ3n) is 2.20. The number of anilines is 1. The molecule has 0 fully saturated rings. The van der Waals surface area contributed by atoms with Crippen molar-refractivity contribution >= 4 is 39.2 Å². The molecule has 1 aromatic carbocycles. The summed E-state index contributed by atoms with van der Waals surface area (Å²) in [7, 11) is -4.15. The van der Waals surface area contributed by atoms with Crippen molar-refractivity contribution in [3.05, 3.63) is 22.7 Å². The van der Waals surface area contributed by atoms with E-state index < -0.39 is 32.4 Å². The van der Waals surface area contributed by atoms with Gasteiger partial charge in [0.1, 0.15) is 4.90 Å². The summed E-state index contributed by atoms with van der Waals surface area (Å²) in [5.41, 5.74) is -0.494. The predicted octanol–water partition coefficient (Wildman–Crippen LogP) is 1.03. The number of rotatable bonds is 4. The molecule has 0 saturated heterocycles. The Bertz CT molecular complexity index is 642. The lowest BCUT2D eigenvalue weighted by atomic mass is 10.1. The van der Waals surface area contributed by atoms with Gasteiger partial charge >= 0.3 is 5.97 Å². The molecule has 104 valence electrons. The zero-order valence-electron chi connectivity index (χ0n) is 9.81. The van der Waals surface area contributed by atoms with E-state index in [-0.39, 0.29) is 17.1 Å². The van der Waals surface area contributed by atoms with Gasteiger partial charge in [0.25, 0.3) is 0 Å². The maximum atomic E-state index is 11.3. The second kappa shape index (κ2) is 5.55. The fraction of sp³-hybridized carbons (Fsp3) is 0.200. The van der Waals surface area contributed by atoms with Crippen molar-refractivity contribution in [3.8, 4) is 0 Å². The number of primary sulfonamides is 1. The Morgan fingerprint density at radius 2 is 2.00 bits per heavy atom. The highest BCUT2D eigenvalue weighted by Gasteiger charge is 2.20. The number of hydrogen-bond acceptors (Lipinski definition) is 4. The first-order valence-electron chi connectivity index (χ1n) is 5.06. The standard InChI is InChI=1S/C10H11ClN2O5S/c1-2-9(14)13-7-4-6(11)8(19(12,17)18)3-5(7)10(15)16/h3-4H,2H2,1H3,(H,13,14)(H,15,16)(H2,12,17,18). The summed E-state index contributed by atoms with van der Waals surface area (Å²) in [6.07, 6.45) is 0.133. The minimum absolute atomic E-state index is 0.0863. The molecular weight excluding hydrogens is 296 g/mol. The van der Waals surface area contributed by atoms with Crippen molar-refractivity contribution in [1.82, 2.24) is 0 Å². The van der Waals surface area contributed by atoms with Crippen LogP contribution in [0.3, 0.4) is 0 Å². The van der Waals surface area contributed by atoms with Crippen LogP contribution in [0.2, 0.25) is 5.02 Å². The van der Waals surface area contributed by atoms with Crippen molar-refractivity contribution in [1.29, 1.82) is 0 Å². The Morgan fingerprint density at radius 3 is 2.42 bits per heavy atom. The van der Waals surface area contributed by atoms with Crippen molar-refractivity contribution in [3.63, 3.8) is 0 Å². The summed E-state index contributed by atoms with van der Waals surface area (Å²) >= 11 is 5.71. The number of nitrogens with one attached hydrogen (secondary N) is 1. The van der Waals surface area contributed by atoms with Crippen molar-refractivity contribution in [2.24, 2.45) is 5.14 Å². The Hall–Kier alpha value is -1.64. The molecular formula is C10H11ClN2O5S. The van der Waals surface area contributed by atoms with E-state index in [4.69, 9.17) is 21.8 Å². The van der Waals surface area contributed by atoms with Crippen LogP contribution in [0.25, 0.3) is 0 Å². The van der Waals surface area contributed by atoms with Crippen molar-refractivity contribution in [2.75, 3.05) is 5.32 Å². The van der Waals surface area contributed by atoms with Gasteiger partial charge in [-0.25, -0.2) is 18.4 Å². The van der Waals surface area contributed by atoms with Crippen LogP contribution in [0.4, 0.5) is 5.69 Å². The second-order valence-electron chi connectivity index (χ2n) is 3.58. The van der Waals surface area contributed by atoms with E-state index in [9.17, 15) is 18.0 Å². The lowest BCUT2D eigenvalue weighted by Crippen LogP contribution is -2.17. The first kappa shape index (κ1) is 15.4. The molecule has 1 rings (SSSR count). The minimum Gasteiger partial charge on any atom is -0.478 e. The number of carbonyl (C=O) groups excluding carboxylic acids is 1. The number of halogens is 1. The van der Waals surface area contributed by atoms with Crippen LogP contribution < -0.4 is 10.5 Å². The minimum atomic E-state index is -4.15. The van der Waals surface area contributed by atoms with E-state index in [0.29, 0.717) is 0 Å². The number of nitrogens with two attached hydrogens (primary N) is 1. The van der Waals surface area contributed by atoms with Crippen molar-refractivity contribution in [2.45, 2.75) is 18.2 Å². The second-order valence-corrected chi connectivity index (χ2v) is 5.52. The van der Waals surface area contributed by atoms with Crippen LogP contribution in [0.1, 0.15) is 23.7 Å².